The van der Waals surface area contributed by atoms with Gasteiger partial charge in [0.05, 0.1) is 12.8 Å². The van der Waals surface area contributed by atoms with Crippen molar-refractivity contribution in [3.63, 3.8) is 0 Å². The minimum Gasteiger partial charge on any atom is -0.493 e. The summed E-state index contributed by atoms with van der Waals surface area (Å²) in [5, 5.41) is 4.38. The van der Waals surface area contributed by atoms with Crippen molar-refractivity contribution in [1.29, 1.82) is 0 Å². The summed E-state index contributed by atoms with van der Waals surface area (Å²) in [5.74, 6) is 1.03. The van der Waals surface area contributed by atoms with Gasteiger partial charge in [-0.15, -0.1) is 0 Å². The van der Waals surface area contributed by atoms with Crippen LogP contribution in [-0.4, -0.2) is 35.1 Å². The summed E-state index contributed by atoms with van der Waals surface area (Å²) in [4.78, 5) is 25.7. The van der Waals surface area contributed by atoms with Crippen molar-refractivity contribution in [2.24, 2.45) is 0 Å². The molecule has 0 atom stereocenters. The van der Waals surface area contributed by atoms with Gasteiger partial charge >= 0.3 is 0 Å². The molecule has 0 spiro atoms. The molecule has 0 radical (unpaired) electrons. The van der Waals surface area contributed by atoms with Crippen LogP contribution in [0, 0.1) is 13.8 Å². The zero-order chi connectivity index (χ0) is 23.2. The highest BCUT2D eigenvalue weighted by Crippen LogP contribution is 2.35. The van der Waals surface area contributed by atoms with E-state index in [1.807, 2.05) is 41.6 Å². The highest BCUT2D eigenvalue weighted by Gasteiger charge is 2.24. The summed E-state index contributed by atoms with van der Waals surface area (Å²) in [7, 11) is 0. The van der Waals surface area contributed by atoms with Crippen molar-refractivity contribution in [2.45, 2.75) is 52.5 Å². The van der Waals surface area contributed by atoms with Crippen LogP contribution in [0.15, 0.2) is 48.8 Å². The molecule has 0 saturated carbocycles. The molecule has 6 heteroatoms. The molecule has 172 valence electrons. The molecule has 1 aliphatic heterocycles. The molecule has 0 aliphatic carbocycles. The maximum atomic E-state index is 13.1. The summed E-state index contributed by atoms with van der Waals surface area (Å²) >= 11 is 0. The number of amides is 1. The first-order valence-electron chi connectivity index (χ1n) is 11.7. The van der Waals surface area contributed by atoms with Crippen molar-refractivity contribution in [2.75, 3.05) is 18.1 Å². The Balaban J connectivity index is 1.42. The van der Waals surface area contributed by atoms with Gasteiger partial charge in [-0.3, -0.25) is 9.48 Å². The maximum absolute atomic E-state index is 13.1. The van der Waals surface area contributed by atoms with Gasteiger partial charge in [0.15, 0.2) is 0 Å². The predicted octanol–water partition coefficient (Wildman–Crippen LogP) is 4.89. The van der Waals surface area contributed by atoms with Gasteiger partial charge in [0, 0.05) is 43.4 Å². The Kier molecular flexibility index (Phi) is 7.23. The third-order valence-electron chi connectivity index (χ3n) is 6.32. The van der Waals surface area contributed by atoms with E-state index in [9.17, 15) is 9.59 Å². The topological polar surface area (TPSA) is 64.4 Å². The zero-order valence-corrected chi connectivity index (χ0v) is 19.4. The molecule has 33 heavy (non-hydrogen) atoms. The number of aromatic nitrogens is 2. The number of anilines is 1. The number of hydrogen-bond acceptors (Lipinski definition) is 4. The van der Waals surface area contributed by atoms with Crippen LogP contribution in [0.5, 0.6) is 5.75 Å². The van der Waals surface area contributed by atoms with Gasteiger partial charge in [-0.1, -0.05) is 24.3 Å². The standard InChI is InChI=1S/C27H31N3O3/c1-20-8-3-12-26(21(20)2)33-17-6-13-27(32)30-15-5-10-24-23(9-4-11-25(24)30)22-18-28-29(19-22)14-7-16-31/h3-4,8-9,11-12,16,18-19H,5-7,10,13-15,17H2,1-2H3. The van der Waals surface area contributed by atoms with E-state index in [0.717, 1.165) is 53.8 Å². The van der Waals surface area contributed by atoms with Crippen LogP contribution in [0.25, 0.3) is 11.1 Å². The predicted molar refractivity (Wildman–Crippen MR) is 130 cm³/mol. The summed E-state index contributed by atoms with van der Waals surface area (Å²) in [5.41, 5.74) is 6.68. The van der Waals surface area contributed by atoms with Gasteiger partial charge in [-0.25, -0.2) is 0 Å². The van der Waals surface area contributed by atoms with Crippen molar-refractivity contribution in [3.05, 3.63) is 65.5 Å². The third kappa shape index (κ3) is 5.16. The average molecular weight is 446 g/mol. The molecule has 6 nitrogen and oxygen atoms in total. The quantitative estimate of drug-likeness (QED) is 0.347. The number of carbonyl (C=O) groups is 2. The van der Waals surface area contributed by atoms with Crippen molar-refractivity contribution < 1.29 is 14.3 Å². The number of nitrogens with zero attached hydrogens (tertiary/aromatic N) is 3. The number of aryl methyl sites for hydroxylation is 2. The molecule has 2 heterocycles. The minimum absolute atomic E-state index is 0.138. The number of hydrogen-bond donors (Lipinski definition) is 0. The first kappa shape index (κ1) is 22.8. The Bertz CT molecular complexity index is 1140. The van der Waals surface area contributed by atoms with Gasteiger partial charge < -0.3 is 14.4 Å². The van der Waals surface area contributed by atoms with Crippen molar-refractivity contribution >= 4 is 17.9 Å². The molecule has 4 rings (SSSR count). The summed E-state index contributed by atoms with van der Waals surface area (Å²) in [6.07, 6.45) is 8.18. The fraction of sp³-hybridized carbons (Fsp3) is 0.370. The molecule has 1 amide bonds. The van der Waals surface area contributed by atoms with Crippen LogP contribution < -0.4 is 9.64 Å². The van der Waals surface area contributed by atoms with E-state index in [2.05, 4.69) is 31.1 Å². The van der Waals surface area contributed by atoms with Gasteiger partial charge in [0.2, 0.25) is 5.91 Å². The van der Waals surface area contributed by atoms with Gasteiger partial charge in [0.25, 0.3) is 0 Å². The number of carbonyl (C=O) groups excluding carboxylic acids is 2. The molecule has 3 aromatic rings. The van der Waals surface area contributed by atoms with E-state index in [1.165, 1.54) is 11.1 Å². The molecule has 2 aromatic carbocycles. The number of fused-ring (bicyclic) bond motifs is 1. The van der Waals surface area contributed by atoms with E-state index in [-0.39, 0.29) is 5.91 Å². The van der Waals surface area contributed by atoms with Gasteiger partial charge in [-0.05, 0) is 67.5 Å². The lowest BCUT2D eigenvalue weighted by molar-refractivity contribution is -0.119. The Morgan fingerprint density at radius 1 is 1.18 bits per heavy atom. The molecule has 0 unspecified atom stereocenters. The maximum Gasteiger partial charge on any atom is 0.227 e. The lowest BCUT2D eigenvalue weighted by atomic mass is 9.93. The average Bonchev–Trinajstić information content (AvgIpc) is 3.31. The van der Waals surface area contributed by atoms with Crippen LogP contribution in [-0.2, 0) is 22.6 Å². The zero-order valence-electron chi connectivity index (χ0n) is 19.4. The lowest BCUT2D eigenvalue weighted by Gasteiger charge is -2.31. The second-order valence-corrected chi connectivity index (χ2v) is 8.55. The van der Waals surface area contributed by atoms with Crippen molar-refractivity contribution in [3.8, 4) is 16.9 Å². The van der Waals surface area contributed by atoms with Crippen LogP contribution in [0.4, 0.5) is 5.69 Å². The molecule has 1 aromatic heterocycles. The van der Waals surface area contributed by atoms with Gasteiger partial charge in [-0.2, -0.15) is 5.10 Å². The summed E-state index contributed by atoms with van der Waals surface area (Å²) in [6, 6.07) is 12.2. The molecular formula is C27H31N3O3. The normalized spacial score (nSPS) is 13.0. The monoisotopic (exact) mass is 445 g/mol. The first-order valence-corrected chi connectivity index (χ1v) is 11.7. The van der Waals surface area contributed by atoms with Crippen molar-refractivity contribution in [1.82, 2.24) is 9.78 Å². The van der Waals surface area contributed by atoms with Crippen LogP contribution in [0.1, 0.15) is 42.4 Å². The third-order valence-corrected chi connectivity index (χ3v) is 6.32. The van der Waals surface area contributed by atoms with Crippen LogP contribution in [0.3, 0.4) is 0 Å². The summed E-state index contributed by atoms with van der Waals surface area (Å²) in [6.45, 7) is 5.98. The van der Waals surface area contributed by atoms with Crippen LogP contribution >= 0.6 is 0 Å². The summed E-state index contributed by atoms with van der Waals surface area (Å²) < 4.78 is 7.73. The number of ether oxygens (including phenoxy) is 1. The van der Waals surface area contributed by atoms with Crippen LogP contribution in [0.2, 0.25) is 0 Å². The largest absolute Gasteiger partial charge is 0.493 e. The van der Waals surface area contributed by atoms with E-state index in [1.54, 1.807) is 4.68 Å². The highest BCUT2D eigenvalue weighted by atomic mass is 16.5. The second-order valence-electron chi connectivity index (χ2n) is 8.55. The Morgan fingerprint density at radius 2 is 2.03 bits per heavy atom. The Labute approximate surface area is 195 Å². The number of rotatable bonds is 9. The number of benzene rings is 2. The highest BCUT2D eigenvalue weighted by molar-refractivity contribution is 5.96. The fourth-order valence-electron chi connectivity index (χ4n) is 4.39. The molecular weight excluding hydrogens is 414 g/mol. The minimum atomic E-state index is 0.138. The SMILES string of the molecule is Cc1cccc(OCCCC(=O)N2CCCc3c(-c4cnn(CCC=O)c4)cccc32)c1C. The molecule has 0 bridgehead atoms. The second kappa shape index (κ2) is 10.5. The Hall–Kier alpha value is -3.41. The van der Waals surface area contributed by atoms with E-state index in [4.69, 9.17) is 4.74 Å². The Morgan fingerprint density at radius 3 is 2.88 bits per heavy atom. The number of aldehydes is 1. The van der Waals surface area contributed by atoms with E-state index < -0.39 is 0 Å². The lowest BCUT2D eigenvalue weighted by Crippen LogP contribution is -2.35. The molecule has 0 saturated heterocycles. The van der Waals surface area contributed by atoms with Gasteiger partial charge in [0.1, 0.15) is 12.0 Å². The fourth-order valence-corrected chi connectivity index (χ4v) is 4.39. The smallest absolute Gasteiger partial charge is 0.227 e. The van der Waals surface area contributed by atoms with E-state index in [0.29, 0.717) is 32.4 Å². The first-order chi connectivity index (χ1) is 16.1. The molecule has 1 aliphatic rings. The van der Waals surface area contributed by atoms with E-state index >= 15 is 0 Å². The molecule has 0 N–H and O–H groups in total. The molecule has 0 fully saturated rings.